The van der Waals surface area contributed by atoms with Gasteiger partial charge in [0.1, 0.15) is 0 Å². The zero-order valence-electron chi connectivity index (χ0n) is 6.00. The first-order chi connectivity index (χ1) is 4.72. The molecule has 0 unspecified atom stereocenters. The molecule has 1 atom stereocenters. The van der Waals surface area contributed by atoms with E-state index in [1.54, 1.807) is 6.92 Å². The van der Waals surface area contributed by atoms with Crippen molar-refractivity contribution < 1.29 is 9.53 Å². The van der Waals surface area contributed by atoms with Gasteiger partial charge in [0.15, 0.2) is 0 Å². The average molecular weight is 209 g/mol. The zero-order chi connectivity index (χ0) is 7.98. The summed E-state index contributed by atoms with van der Waals surface area (Å²) in [5.74, 6) is -0.308. The van der Waals surface area contributed by atoms with E-state index in [9.17, 15) is 4.79 Å². The number of carbonyl (C=O) groups is 1. The second-order valence-electron chi connectivity index (χ2n) is 1.85. The molecule has 0 aromatic heterocycles. The van der Waals surface area contributed by atoms with E-state index in [0.717, 1.165) is 5.32 Å². The maximum atomic E-state index is 10.8. The second-order valence-corrected chi connectivity index (χ2v) is 2.71. The number of rotatable bonds is 4. The first-order valence-electron chi connectivity index (χ1n) is 3.22. The number of nitrogens with two attached hydrogens (primary N) is 1. The molecule has 0 saturated heterocycles. The first kappa shape index (κ1) is 9.95. The predicted octanol–water partition coefficient (Wildman–Crippen LogP) is -0.146. The van der Waals surface area contributed by atoms with E-state index < -0.39 is 6.04 Å². The first-order valence-corrected chi connectivity index (χ1v) is 4.43. The van der Waals surface area contributed by atoms with Crippen LogP contribution >= 0.6 is 0 Å². The van der Waals surface area contributed by atoms with Gasteiger partial charge in [-0.2, -0.15) is 0 Å². The zero-order valence-corrected chi connectivity index (χ0v) is 7.71. The summed E-state index contributed by atoms with van der Waals surface area (Å²) in [7, 11) is 0. The van der Waals surface area contributed by atoms with Gasteiger partial charge >= 0.3 is 68.6 Å². The van der Waals surface area contributed by atoms with Crippen molar-refractivity contribution in [3.05, 3.63) is 0 Å². The van der Waals surface area contributed by atoms with Gasteiger partial charge in [0.25, 0.3) is 0 Å². The van der Waals surface area contributed by atoms with Crippen molar-refractivity contribution in [1.82, 2.24) is 0 Å². The molecule has 0 aliphatic rings. The standard InChI is InChI=1S/C6H12NO2Se/c1-2-9-6(8)5(7)3-4-10/h5H,2-4,7H2,1H3/t5-/m0/s1. The van der Waals surface area contributed by atoms with Crippen LogP contribution < -0.4 is 5.73 Å². The van der Waals surface area contributed by atoms with Crippen LogP contribution in [0.3, 0.4) is 0 Å². The molecule has 0 aliphatic heterocycles. The molecular formula is C6H12NO2Se. The van der Waals surface area contributed by atoms with Crippen LogP contribution in [0.1, 0.15) is 13.3 Å². The molecule has 0 saturated carbocycles. The molecule has 0 fully saturated rings. The van der Waals surface area contributed by atoms with E-state index in [0.29, 0.717) is 13.0 Å². The van der Waals surface area contributed by atoms with Crippen LogP contribution in [-0.2, 0) is 9.53 Å². The van der Waals surface area contributed by atoms with E-state index >= 15 is 0 Å². The van der Waals surface area contributed by atoms with Crippen molar-refractivity contribution in [2.75, 3.05) is 6.61 Å². The van der Waals surface area contributed by atoms with E-state index in [-0.39, 0.29) is 5.97 Å². The van der Waals surface area contributed by atoms with Gasteiger partial charge in [0, 0.05) is 0 Å². The molecule has 0 aliphatic carbocycles. The fourth-order valence-electron chi connectivity index (χ4n) is 0.494. The van der Waals surface area contributed by atoms with Gasteiger partial charge in [-0.15, -0.1) is 0 Å². The predicted molar refractivity (Wildman–Crippen MR) is 39.8 cm³/mol. The molecule has 3 nitrogen and oxygen atoms in total. The van der Waals surface area contributed by atoms with Gasteiger partial charge in [-0.3, -0.25) is 0 Å². The van der Waals surface area contributed by atoms with Gasteiger partial charge < -0.3 is 0 Å². The van der Waals surface area contributed by atoms with Crippen molar-refractivity contribution in [2.24, 2.45) is 5.73 Å². The van der Waals surface area contributed by atoms with Crippen molar-refractivity contribution in [1.29, 1.82) is 0 Å². The number of hydrogen-bond donors (Lipinski definition) is 1. The van der Waals surface area contributed by atoms with Crippen molar-refractivity contribution in [3.8, 4) is 0 Å². The minimum atomic E-state index is -0.457. The Morgan fingerprint density at radius 1 is 1.80 bits per heavy atom. The van der Waals surface area contributed by atoms with Gasteiger partial charge in [-0.25, -0.2) is 0 Å². The topological polar surface area (TPSA) is 52.3 Å². The minimum absolute atomic E-state index is 0.308. The number of hydrogen-bond acceptors (Lipinski definition) is 3. The molecule has 59 valence electrons. The molecule has 0 spiro atoms. The van der Waals surface area contributed by atoms with Gasteiger partial charge in [0.05, 0.1) is 0 Å². The molecule has 1 radical (unpaired) electrons. The SMILES string of the molecule is CCOC(=O)[C@@H](N)CC[Se]. The molecule has 2 N–H and O–H groups in total. The van der Waals surface area contributed by atoms with Crippen molar-refractivity contribution >= 4 is 22.0 Å². The quantitative estimate of drug-likeness (QED) is 0.517. The molecule has 0 bridgehead atoms. The summed E-state index contributed by atoms with van der Waals surface area (Å²) in [5, 5.41) is 0.792. The summed E-state index contributed by atoms with van der Waals surface area (Å²) in [6, 6.07) is -0.457. The van der Waals surface area contributed by atoms with Crippen LogP contribution in [0.5, 0.6) is 0 Å². The normalized spacial score (nSPS) is 12.7. The molecule has 0 aromatic rings. The third-order valence-corrected chi connectivity index (χ3v) is 1.51. The van der Waals surface area contributed by atoms with Crippen LogP contribution in [-0.4, -0.2) is 34.6 Å². The fraction of sp³-hybridized carbons (Fsp3) is 0.833. The Morgan fingerprint density at radius 2 is 2.40 bits per heavy atom. The molecule has 0 amide bonds. The molecular weight excluding hydrogens is 197 g/mol. The van der Waals surface area contributed by atoms with E-state index in [4.69, 9.17) is 5.73 Å². The number of esters is 1. The molecule has 4 heteroatoms. The van der Waals surface area contributed by atoms with Crippen LogP contribution in [0.4, 0.5) is 0 Å². The Kier molecular flexibility index (Phi) is 5.68. The van der Waals surface area contributed by atoms with Gasteiger partial charge in [-0.05, 0) is 0 Å². The van der Waals surface area contributed by atoms with Crippen LogP contribution in [0, 0.1) is 0 Å². The maximum absolute atomic E-state index is 10.8. The Balaban J connectivity index is 3.49. The molecule has 0 aromatic carbocycles. The fourth-order valence-corrected chi connectivity index (χ4v) is 1.03. The Morgan fingerprint density at radius 3 is 2.80 bits per heavy atom. The second kappa shape index (κ2) is 5.71. The molecule has 0 rings (SSSR count). The van der Waals surface area contributed by atoms with E-state index in [1.807, 2.05) is 0 Å². The number of carbonyl (C=O) groups excluding carboxylic acids is 1. The Bertz CT molecular complexity index is 108. The Hall–Kier alpha value is -0.0505. The summed E-state index contributed by atoms with van der Waals surface area (Å²) in [6.07, 6.45) is 0.652. The Labute approximate surface area is 69.1 Å². The summed E-state index contributed by atoms with van der Waals surface area (Å²) in [6.45, 7) is 2.17. The molecule has 0 heterocycles. The van der Waals surface area contributed by atoms with Crippen LogP contribution in [0.2, 0.25) is 5.32 Å². The number of ether oxygens (including phenoxy) is 1. The van der Waals surface area contributed by atoms with Crippen LogP contribution in [0.25, 0.3) is 0 Å². The van der Waals surface area contributed by atoms with Gasteiger partial charge in [0.2, 0.25) is 0 Å². The van der Waals surface area contributed by atoms with Crippen molar-refractivity contribution in [3.63, 3.8) is 0 Å². The summed E-state index contributed by atoms with van der Waals surface area (Å²) < 4.78 is 4.68. The van der Waals surface area contributed by atoms with Crippen LogP contribution in [0.15, 0.2) is 0 Å². The van der Waals surface area contributed by atoms with E-state index in [1.165, 1.54) is 0 Å². The summed E-state index contributed by atoms with van der Waals surface area (Å²) in [4.78, 5) is 10.8. The van der Waals surface area contributed by atoms with E-state index in [2.05, 4.69) is 20.7 Å². The monoisotopic (exact) mass is 210 g/mol. The third-order valence-electron chi connectivity index (χ3n) is 1.02. The van der Waals surface area contributed by atoms with Gasteiger partial charge in [-0.1, -0.05) is 0 Å². The summed E-state index contributed by atoms with van der Waals surface area (Å²) in [5.41, 5.74) is 5.42. The average Bonchev–Trinajstić information content (AvgIpc) is 1.89. The molecule has 10 heavy (non-hydrogen) atoms. The van der Waals surface area contributed by atoms with Crippen molar-refractivity contribution in [2.45, 2.75) is 24.7 Å². The summed E-state index contributed by atoms with van der Waals surface area (Å²) >= 11 is 2.78. The third kappa shape index (κ3) is 3.88.